The monoisotopic (exact) mass is 273 g/mol. The van der Waals surface area contributed by atoms with Gasteiger partial charge in [0.25, 0.3) is 0 Å². The van der Waals surface area contributed by atoms with E-state index in [0.29, 0.717) is 6.54 Å². The molecule has 2 amide bonds. The van der Waals surface area contributed by atoms with Crippen molar-refractivity contribution in [3.05, 3.63) is 16.1 Å². The van der Waals surface area contributed by atoms with Crippen molar-refractivity contribution in [2.24, 2.45) is 0 Å². The molecule has 0 aliphatic heterocycles. The van der Waals surface area contributed by atoms with Crippen LogP contribution in [0, 0.1) is 6.92 Å². The molecule has 3 N–H and O–H groups in total. The van der Waals surface area contributed by atoms with Crippen LogP contribution < -0.4 is 10.6 Å². The van der Waals surface area contributed by atoms with Crippen LogP contribution in [0.2, 0.25) is 0 Å². The van der Waals surface area contributed by atoms with Crippen molar-refractivity contribution in [3.63, 3.8) is 0 Å². The number of amides is 2. The summed E-state index contributed by atoms with van der Waals surface area (Å²) < 4.78 is 4.76. The van der Waals surface area contributed by atoms with Gasteiger partial charge in [0, 0.05) is 17.6 Å². The maximum atomic E-state index is 11.3. The van der Waals surface area contributed by atoms with Crippen LogP contribution in [0.3, 0.4) is 0 Å². The number of ether oxygens (including phenoxy) is 1. The second kappa shape index (κ2) is 7.62. The van der Waals surface area contributed by atoms with Gasteiger partial charge in [-0.3, -0.25) is 0 Å². The fourth-order valence-corrected chi connectivity index (χ4v) is 1.81. The van der Waals surface area contributed by atoms with E-state index in [1.165, 1.54) is 11.3 Å². The molecule has 1 aromatic rings. The third-order valence-electron chi connectivity index (χ3n) is 1.82. The minimum atomic E-state index is -1.03. The maximum absolute atomic E-state index is 11.3. The predicted octanol–water partition coefficient (Wildman–Crippen LogP) is 0.352. The van der Waals surface area contributed by atoms with Gasteiger partial charge in [-0.05, 0) is 6.92 Å². The third kappa shape index (κ3) is 6.16. The summed E-state index contributed by atoms with van der Waals surface area (Å²) in [7, 11) is 0. The van der Waals surface area contributed by atoms with Crippen molar-refractivity contribution in [2.75, 3.05) is 19.8 Å². The number of hydrogen-bond acceptors (Lipinski definition) is 5. The second-order valence-electron chi connectivity index (χ2n) is 3.44. The summed E-state index contributed by atoms with van der Waals surface area (Å²) >= 11 is 1.48. The summed E-state index contributed by atoms with van der Waals surface area (Å²) in [6.45, 7) is 2.33. The smallest absolute Gasteiger partial charge is 0.329 e. The van der Waals surface area contributed by atoms with Crippen LogP contribution in [0.25, 0.3) is 0 Å². The molecule has 0 spiro atoms. The van der Waals surface area contributed by atoms with Gasteiger partial charge >= 0.3 is 12.0 Å². The van der Waals surface area contributed by atoms with E-state index in [-0.39, 0.29) is 25.8 Å². The number of carboxylic acid groups (broad SMARTS) is 1. The molecule has 0 fully saturated rings. The van der Waals surface area contributed by atoms with Crippen molar-refractivity contribution < 1.29 is 19.4 Å². The average Bonchev–Trinajstić information content (AvgIpc) is 2.71. The first-order valence-corrected chi connectivity index (χ1v) is 6.18. The lowest BCUT2D eigenvalue weighted by molar-refractivity contribution is -0.142. The lowest BCUT2D eigenvalue weighted by Gasteiger charge is -2.06. The Bertz CT molecular complexity index is 408. The topological polar surface area (TPSA) is 101 Å². The van der Waals surface area contributed by atoms with Crippen LogP contribution in [-0.2, 0) is 16.1 Å². The molecule has 0 saturated heterocycles. The summed E-state index contributed by atoms with van der Waals surface area (Å²) in [5.41, 5.74) is 0.930. The lowest BCUT2D eigenvalue weighted by Crippen LogP contribution is -2.37. The average molecular weight is 273 g/mol. The van der Waals surface area contributed by atoms with E-state index in [1.807, 2.05) is 12.3 Å². The molecule has 8 heteroatoms. The second-order valence-corrected chi connectivity index (χ2v) is 4.38. The molecule has 1 rings (SSSR count). The molecule has 0 aliphatic rings. The number of carbonyl (C=O) groups is 2. The van der Waals surface area contributed by atoms with E-state index < -0.39 is 5.97 Å². The molecule has 0 saturated carbocycles. The van der Waals surface area contributed by atoms with Crippen LogP contribution in [0.5, 0.6) is 0 Å². The number of nitrogens with one attached hydrogen (secondary N) is 2. The Balaban J connectivity index is 2.05. The van der Waals surface area contributed by atoms with E-state index in [1.54, 1.807) is 0 Å². The van der Waals surface area contributed by atoms with Crippen molar-refractivity contribution in [1.29, 1.82) is 0 Å². The first-order valence-electron chi connectivity index (χ1n) is 5.30. The normalized spacial score (nSPS) is 10.1. The quantitative estimate of drug-likeness (QED) is 0.622. The van der Waals surface area contributed by atoms with E-state index >= 15 is 0 Å². The van der Waals surface area contributed by atoms with Crippen molar-refractivity contribution in [2.45, 2.75) is 13.5 Å². The zero-order chi connectivity index (χ0) is 13.4. The molecular weight excluding hydrogens is 258 g/mol. The van der Waals surface area contributed by atoms with E-state index in [2.05, 4.69) is 15.6 Å². The molecule has 1 heterocycles. The van der Waals surface area contributed by atoms with Gasteiger partial charge in [-0.2, -0.15) is 0 Å². The molecule has 7 nitrogen and oxygen atoms in total. The van der Waals surface area contributed by atoms with E-state index in [9.17, 15) is 9.59 Å². The van der Waals surface area contributed by atoms with Gasteiger partial charge in [-0.1, -0.05) is 0 Å². The Labute approximate surface area is 108 Å². The Hall–Kier alpha value is -1.67. The molecule has 18 heavy (non-hydrogen) atoms. The minimum Gasteiger partial charge on any atom is -0.480 e. The molecule has 0 radical (unpaired) electrons. The highest BCUT2D eigenvalue weighted by atomic mass is 32.1. The summed E-state index contributed by atoms with van der Waals surface area (Å²) in [5.74, 6) is -1.03. The first kappa shape index (κ1) is 14.4. The van der Waals surface area contributed by atoms with Gasteiger partial charge in [0.1, 0.15) is 11.6 Å². The van der Waals surface area contributed by atoms with E-state index in [4.69, 9.17) is 9.84 Å². The third-order valence-corrected chi connectivity index (χ3v) is 2.79. The predicted molar refractivity (Wildman–Crippen MR) is 65.5 cm³/mol. The fraction of sp³-hybridized carbons (Fsp3) is 0.500. The Morgan fingerprint density at radius 3 is 2.89 bits per heavy atom. The van der Waals surface area contributed by atoms with Gasteiger partial charge in [-0.15, -0.1) is 11.3 Å². The SMILES string of the molecule is Cc1csc(CNC(=O)NCCOCC(=O)O)n1. The van der Waals surface area contributed by atoms with Crippen LogP contribution >= 0.6 is 11.3 Å². The van der Waals surface area contributed by atoms with Crippen molar-refractivity contribution in [1.82, 2.24) is 15.6 Å². The number of aromatic nitrogens is 1. The number of hydrogen-bond donors (Lipinski definition) is 3. The number of urea groups is 1. The zero-order valence-electron chi connectivity index (χ0n) is 9.93. The Morgan fingerprint density at radius 2 is 2.28 bits per heavy atom. The minimum absolute atomic E-state index is 0.163. The number of carbonyl (C=O) groups excluding carboxylic acids is 1. The van der Waals surface area contributed by atoms with Gasteiger partial charge in [0.05, 0.1) is 13.2 Å². The number of nitrogens with zero attached hydrogens (tertiary/aromatic N) is 1. The highest BCUT2D eigenvalue weighted by Crippen LogP contribution is 2.07. The van der Waals surface area contributed by atoms with Gasteiger partial charge < -0.3 is 20.5 Å². The summed E-state index contributed by atoms with van der Waals surface area (Å²) in [6, 6.07) is -0.332. The van der Waals surface area contributed by atoms with Crippen LogP contribution in [0.15, 0.2) is 5.38 Å². The maximum Gasteiger partial charge on any atom is 0.329 e. The highest BCUT2D eigenvalue weighted by Gasteiger charge is 2.03. The molecular formula is C10H15N3O4S. The highest BCUT2D eigenvalue weighted by molar-refractivity contribution is 7.09. The largest absolute Gasteiger partial charge is 0.480 e. The number of carboxylic acids is 1. The standard InChI is InChI=1S/C10H15N3O4S/c1-7-6-18-8(13-7)4-12-10(16)11-2-3-17-5-9(14)15/h6H,2-5H2,1H3,(H,14,15)(H2,11,12,16). The summed E-state index contributed by atoms with van der Waals surface area (Å²) in [5, 5.41) is 16.2. The van der Waals surface area contributed by atoms with Crippen LogP contribution in [-0.4, -0.2) is 41.8 Å². The number of aliphatic carboxylic acids is 1. The summed E-state index contributed by atoms with van der Waals surface area (Å²) in [4.78, 5) is 25.6. The summed E-state index contributed by atoms with van der Waals surface area (Å²) in [6.07, 6.45) is 0. The molecule has 0 aromatic carbocycles. The molecule has 0 unspecified atom stereocenters. The number of thiazole rings is 1. The number of aryl methyl sites for hydroxylation is 1. The van der Waals surface area contributed by atoms with Gasteiger partial charge in [0.15, 0.2) is 0 Å². The molecule has 0 bridgehead atoms. The Kier molecular flexibility index (Phi) is 6.09. The zero-order valence-corrected chi connectivity index (χ0v) is 10.7. The molecule has 0 atom stereocenters. The number of rotatable bonds is 7. The van der Waals surface area contributed by atoms with Crippen molar-refractivity contribution >= 4 is 23.3 Å². The molecule has 1 aromatic heterocycles. The molecule has 100 valence electrons. The van der Waals surface area contributed by atoms with Crippen LogP contribution in [0.1, 0.15) is 10.7 Å². The van der Waals surface area contributed by atoms with Gasteiger partial charge in [-0.25, -0.2) is 14.6 Å². The lowest BCUT2D eigenvalue weighted by atomic mass is 10.5. The fourth-order valence-electron chi connectivity index (χ4n) is 1.10. The molecule has 0 aliphatic carbocycles. The van der Waals surface area contributed by atoms with Crippen LogP contribution in [0.4, 0.5) is 4.79 Å². The van der Waals surface area contributed by atoms with Crippen molar-refractivity contribution in [3.8, 4) is 0 Å². The van der Waals surface area contributed by atoms with Gasteiger partial charge in [0.2, 0.25) is 0 Å². The first-order chi connectivity index (χ1) is 8.58. The van der Waals surface area contributed by atoms with E-state index in [0.717, 1.165) is 10.7 Å². The Morgan fingerprint density at radius 1 is 1.50 bits per heavy atom.